The number of nitrogens with two attached hydrogens (primary N) is 4. The van der Waals surface area contributed by atoms with Gasteiger partial charge in [-0.15, -0.1) is 0 Å². The molecule has 0 bridgehead atoms. The van der Waals surface area contributed by atoms with Gasteiger partial charge in [-0.2, -0.15) is 0 Å². The lowest BCUT2D eigenvalue weighted by Gasteiger charge is -2.25. The molecule has 2 rings (SSSR count). The molecule has 2 saturated heterocycles. The zero-order chi connectivity index (χ0) is 91.1. The number of carboxylic acid groups (broad SMARTS) is 2. The molecule has 1 unspecified atom stereocenters. The van der Waals surface area contributed by atoms with Crippen LogP contribution in [-0.4, -0.2) is 304 Å². The van der Waals surface area contributed by atoms with Crippen molar-refractivity contribution in [2.45, 2.75) is 229 Å². The number of hydrogen-bond acceptors (Lipinski definition) is 29. The summed E-state index contributed by atoms with van der Waals surface area (Å²) in [6.45, 7) is 2.59. The fourth-order valence-electron chi connectivity index (χ4n) is 11.2. The molecule has 50 nitrogen and oxygen atoms in total. The number of ether oxygens (including phenoxy) is 4. The molecule has 0 aromatic heterocycles. The molecule has 12 atom stereocenters. The maximum Gasteiger partial charge on any atom is 0.472 e. The van der Waals surface area contributed by atoms with Gasteiger partial charge in [-0.05, 0) is 83.5 Å². The Balaban J connectivity index is 2.23. The maximum atomic E-state index is 14.1. The zero-order valence-corrected chi connectivity index (χ0v) is 69.8. The van der Waals surface area contributed by atoms with E-state index in [1.165, 1.54) is 27.7 Å². The van der Waals surface area contributed by atoms with Crippen LogP contribution in [-0.2, 0) is 119 Å². The van der Waals surface area contributed by atoms with Crippen LogP contribution in [0.3, 0.4) is 0 Å². The summed E-state index contributed by atoms with van der Waals surface area (Å²) in [6, 6.07) is -12.8. The Bertz CT molecular complexity index is 3580. The summed E-state index contributed by atoms with van der Waals surface area (Å²) >= 11 is 0. The summed E-state index contributed by atoms with van der Waals surface area (Å²) in [5.74, 6) is -16.1. The van der Waals surface area contributed by atoms with E-state index in [0.29, 0.717) is 0 Å². The smallest absolute Gasteiger partial charge is 0.472 e. The van der Waals surface area contributed by atoms with Gasteiger partial charge < -0.3 is 137 Å². The molecule has 690 valence electrons. The molecular weight excluding hydrogens is 1640 g/mol. The monoisotopic (exact) mass is 1760 g/mol. The SMILES string of the molecule is CCC(=O)OC[C@H](COP(=O)(O)OCCNC(=O)CCC(=O)NCCOCCOCCC(=O)N[C@@H](CCC(=O)NCCCC[C@@H]1NC(=O)[C@@H](CC)NC(=O)[C@H](CC(=O)O)N[C@H](O)CNC(=O)[C@H](CCCN=C(N)N)NC1=O)C(=O)NCCCC[C@@H]1NC(=O)[C@@H](CC)NC(=O)[C@H](CC(=O)O)NC(=O)CNC(=O)[C@H](CCCN=C(N)N)NC1=O)OC(=O)CC. The minimum absolute atomic E-state index is 0.000280. The molecule has 0 aromatic rings. The summed E-state index contributed by atoms with van der Waals surface area (Å²) in [5, 5.41) is 67.4. The number of aliphatic imine (C=N–C) groups is 2. The average Bonchev–Trinajstić information content (AvgIpc) is 1.58. The van der Waals surface area contributed by atoms with Gasteiger partial charge in [-0.3, -0.25) is 111 Å². The van der Waals surface area contributed by atoms with Gasteiger partial charge in [0.15, 0.2) is 18.0 Å². The van der Waals surface area contributed by atoms with Crippen molar-refractivity contribution in [1.29, 1.82) is 0 Å². The average molecular weight is 1760 g/mol. The van der Waals surface area contributed by atoms with E-state index in [1.54, 1.807) is 0 Å². The second-order valence-electron chi connectivity index (χ2n) is 27.7. The fraction of sp³-hybridized carbons (Fsp3) is 0.718. The Hall–Kier alpha value is -11.0. The lowest BCUT2D eigenvalue weighted by atomic mass is 10.0. The first-order valence-electron chi connectivity index (χ1n) is 40.0. The highest BCUT2D eigenvalue weighted by molar-refractivity contribution is 7.47. The predicted molar refractivity (Wildman–Crippen MR) is 427 cm³/mol. The molecule has 0 spiro atoms. The first-order chi connectivity index (χ1) is 57.9. The molecule has 51 heteroatoms. The Morgan fingerprint density at radius 3 is 1.43 bits per heavy atom. The molecule has 0 aliphatic carbocycles. The summed E-state index contributed by atoms with van der Waals surface area (Å²) in [5.41, 5.74) is 21.8. The Labute approximate surface area is 703 Å². The number of β-amino-alcohol motifs (C(OH)–C–C–N with tert-alkyl or cyclic N) is 1. The number of hydrogen-bond donors (Lipinski definition) is 23. The van der Waals surface area contributed by atoms with Gasteiger partial charge in [0, 0.05) is 77.8 Å². The Kier molecular flexibility index (Phi) is 53.0. The van der Waals surface area contributed by atoms with Gasteiger partial charge in [-0.25, -0.2) is 4.57 Å². The van der Waals surface area contributed by atoms with Crippen LogP contribution in [0.2, 0.25) is 0 Å². The highest BCUT2D eigenvalue weighted by Gasteiger charge is 2.36. The van der Waals surface area contributed by atoms with E-state index in [1.807, 2.05) is 0 Å². The number of phosphoric ester groups is 1. The number of aliphatic hydroxyl groups is 1. The van der Waals surface area contributed by atoms with Crippen molar-refractivity contribution >= 4 is 126 Å². The third kappa shape index (κ3) is 48.4. The topological polar surface area (TPSA) is 770 Å². The van der Waals surface area contributed by atoms with Gasteiger partial charge >= 0.3 is 31.7 Å². The molecule has 122 heavy (non-hydrogen) atoms. The molecule has 0 aromatic carbocycles. The molecule has 0 radical (unpaired) electrons. The summed E-state index contributed by atoms with van der Waals surface area (Å²) < 4.78 is 43.1. The van der Waals surface area contributed by atoms with Crippen LogP contribution in [0.5, 0.6) is 0 Å². The normalized spacial score (nSPS) is 20.6. The van der Waals surface area contributed by atoms with Gasteiger partial charge in [0.1, 0.15) is 61.2 Å². The number of carboxylic acids is 2. The number of rotatable bonds is 53. The van der Waals surface area contributed by atoms with Crippen molar-refractivity contribution in [3.63, 3.8) is 0 Å². The Morgan fingerprint density at radius 1 is 0.475 bits per heavy atom. The van der Waals surface area contributed by atoms with E-state index in [0.717, 1.165) is 0 Å². The molecular formula is C71H122N21O29P. The van der Waals surface area contributed by atoms with E-state index in [-0.39, 0.29) is 200 Å². The lowest BCUT2D eigenvalue weighted by Crippen LogP contribution is -2.57. The molecule has 27 N–H and O–H groups in total. The second-order valence-corrected chi connectivity index (χ2v) is 29.1. The number of nitrogens with zero attached hydrogens (tertiary/aromatic N) is 2. The summed E-state index contributed by atoms with van der Waals surface area (Å²) in [7, 11) is -4.72. The minimum Gasteiger partial charge on any atom is -0.481 e. The number of phosphoric acid groups is 1. The van der Waals surface area contributed by atoms with Crippen LogP contribution >= 0.6 is 7.82 Å². The molecule has 2 fully saturated rings. The number of guanidine groups is 2. The van der Waals surface area contributed by atoms with Gasteiger partial charge in [0.2, 0.25) is 82.7 Å². The highest BCUT2D eigenvalue weighted by atomic mass is 31.2. The summed E-state index contributed by atoms with van der Waals surface area (Å²) in [6.07, 6.45) is -5.93. The second kappa shape index (κ2) is 60.4. The first-order valence-corrected chi connectivity index (χ1v) is 41.5. The number of aliphatic hydroxyl groups excluding tert-OH is 1. The molecule has 2 aliphatic heterocycles. The summed E-state index contributed by atoms with van der Waals surface area (Å²) in [4.78, 5) is 253. The van der Waals surface area contributed by atoms with E-state index >= 15 is 0 Å². The van der Waals surface area contributed by atoms with E-state index < -0.39 is 227 Å². The van der Waals surface area contributed by atoms with Gasteiger partial charge in [0.05, 0.1) is 71.6 Å². The molecule has 0 saturated carbocycles. The van der Waals surface area contributed by atoms with Crippen LogP contribution in [0.25, 0.3) is 0 Å². The third-order valence-electron chi connectivity index (χ3n) is 17.7. The maximum absolute atomic E-state index is 14.1. The van der Waals surface area contributed by atoms with E-state index in [9.17, 15) is 111 Å². The quantitative estimate of drug-likeness (QED) is 0.00884. The Morgan fingerprint density at radius 2 is 0.918 bits per heavy atom. The van der Waals surface area contributed by atoms with Crippen molar-refractivity contribution in [3.8, 4) is 0 Å². The lowest BCUT2D eigenvalue weighted by molar-refractivity contribution is -0.160. The van der Waals surface area contributed by atoms with Crippen LogP contribution < -0.4 is 103 Å². The molecule has 2 aliphatic rings. The number of carbonyl (C=O) groups excluding carboxylic acids is 16. The van der Waals surface area contributed by atoms with Gasteiger partial charge in [0.25, 0.3) is 0 Å². The zero-order valence-electron chi connectivity index (χ0n) is 69.0. The van der Waals surface area contributed by atoms with E-state index in [4.69, 9.17) is 50.9 Å². The fourth-order valence-corrected chi connectivity index (χ4v) is 11.9. The van der Waals surface area contributed by atoms with Crippen molar-refractivity contribution in [2.75, 3.05) is 98.6 Å². The first kappa shape index (κ1) is 107. The minimum atomic E-state index is -4.72. The van der Waals surface area contributed by atoms with Crippen LogP contribution in [0.1, 0.15) is 163 Å². The van der Waals surface area contributed by atoms with Crippen molar-refractivity contribution in [1.82, 2.24) is 79.8 Å². The number of aliphatic carboxylic acids is 2. The highest BCUT2D eigenvalue weighted by Crippen LogP contribution is 2.43. The third-order valence-corrected chi connectivity index (χ3v) is 18.7. The van der Waals surface area contributed by atoms with Crippen LogP contribution in [0.4, 0.5) is 0 Å². The van der Waals surface area contributed by atoms with E-state index in [2.05, 4.69) is 89.7 Å². The van der Waals surface area contributed by atoms with Crippen LogP contribution in [0, 0.1) is 0 Å². The largest absolute Gasteiger partial charge is 0.481 e. The number of amides is 14. The number of esters is 2. The van der Waals surface area contributed by atoms with Crippen LogP contribution in [0.15, 0.2) is 9.98 Å². The standard InChI is InChI=1S/C71H122N21O29P/c1-5-42-64(108)91-46(66(110)89-44(17-13-26-80-70(72)73)62(106)82-37-55(97)85-49(35-57(99)100)68(112)87-42)15-9-11-24-76-51(93)20-19-48(84-54(96)23-30-116-33-34-117-31-28-77-52(94)21-22-53(95)78-29-32-119-122(114,115)120-40-41(121-60(104)8-4)39-118-59(103)7-3)61(105)79-25-12-10-16-47-67(111)90-45(18-14-27-81-71(74)75)63(107)83-38-56(98)86-50(36-58(101)102)69(113)88-43(6-2)65(109)92-47/h41-50,55,85,97H,5-40H2,1-4H3,(H,76,93)(H,77,94)(H,78,95)(H,79,105)(H,82,106)(H,83,107)(H,84,96)(H,86,98)(H,87,112)(H,88,113)(H,89,110)(H,90,111)(H,91,108)(H,92,109)(H,99,100)(H,101,102)(H,114,115)(H4,72,73,80)(H4,74,75,81)/t41-,42-,43-,44+,45+,46+,47+,48+,49+,50+,55-/m1/s1. The van der Waals surface area contributed by atoms with Crippen molar-refractivity contribution < 1.29 is 139 Å². The molecule has 2 heterocycles. The van der Waals surface area contributed by atoms with Crippen molar-refractivity contribution in [3.05, 3.63) is 0 Å². The number of carbonyl (C=O) groups is 18. The van der Waals surface area contributed by atoms with Gasteiger partial charge in [-0.1, -0.05) is 27.7 Å². The predicted octanol–water partition coefficient (Wildman–Crippen LogP) is -8.52. The van der Waals surface area contributed by atoms with Crippen molar-refractivity contribution in [2.24, 2.45) is 32.9 Å². The number of nitrogens with one attached hydrogen (secondary N) is 15. The number of unbranched alkanes of at least 4 members (excludes halogenated alkanes) is 2. The molecule has 14 amide bonds.